The summed E-state index contributed by atoms with van der Waals surface area (Å²) in [6, 6.07) is 23.3. The van der Waals surface area contributed by atoms with Gasteiger partial charge < -0.3 is 18.7 Å². The summed E-state index contributed by atoms with van der Waals surface area (Å²) in [5.41, 5.74) is 3.07. The first-order valence-electron chi connectivity index (χ1n) is 15.2. The lowest BCUT2D eigenvalue weighted by molar-refractivity contribution is -0.904. The van der Waals surface area contributed by atoms with Crippen LogP contribution in [0.3, 0.4) is 0 Å². The summed E-state index contributed by atoms with van der Waals surface area (Å²) in [5.74, 6) is 1.85. The SMILES string of the molecule is CC(C)(C)CC(C)(C)c1ccc(OCCOCC[N+](C)(C)Cc2cccc(OCCCC[n+]3ccccc3)c2)cc1. The fourth-order valence-electron chi connectivity index (χ4n) is 5.54. The predicted molar refractivity (Wildman–Crippen MR) is 168 cm³/mol. The van der Waals surface area contributed by atoms with E-state index >= 15 is 0 Å². The van der Waals surface area contributed by atoms with Gasteiger partial charge in [-0.2, -0.15) is 0 Å². The zero-order valence-electron chi connectivity index (χ0n) is 26.7. The lowest BCUT2D eigenvalue weighted by Crippen LogP contribution is -2.41. The van der Waals surface area contributed by atoms with Gasteiger partial charge in [0.1, 0.15) is 37.7 Å². The summed E-state index contributed by atoms with van der Waals surface area (Å²) >= 11 is 0. The molecule has 3 aromatic rings. The minimum Gasteiger partial charge on any atom is -0.494 e. The van der Waals surface area contributed by atoms with Crippen molar-refractivity contribution < 1.29 is 23.3 Å². The Morgan fingerprint density at radius 1 is 0.707 bits per heavy atom. The lowest BCUT2D eigenvalue weighted by Gasteiger charge is -2.33. The van der Waals surface area contributed by atoms with Crippen LogP contribution in [0.2, 0.25) is 0 Å². The molecule has 0 radical (unpaired) electrons. The molecule has 0 fully saturated rings. The van der Waals surface area contributed by atoms with Gasteiger partial charge in [-0.1, -0.05) is 65.0 Å². The van der Waals surface area contributed by atoms with Crippen LogP contribution in [0.4, 0.5) is 0 Å². The lowest BCUT2D eigenvalue weighted by atomic mass is 9.72. The number of benzene rings is 2. The molecule has 0 aliphatic carbocycles. The largest absolute Gasteiger partial charge is 0.494 e. The second-order valence-corrected chi connectivity index (χ2v) is 13.7. The maximum atomic E-state index is 6.05. The molecule has 0 spiro atoms. The molecule has 5 nitrogen and oxygen atoms in total. The molecule has 0 saturated carbocycles. The zero-order valence-corrected chi connectivity index (χ0v) is 26.7. The van der Waals surface area contributed by atoms with Crippen LogP contribution < -0.4 is 14.0 Å². The number of quaternary nitrogens is 1. The first-order chi connectivity index (χ1) is 19.4. The predicted octanol–water partition coefficient (Wildman–Crippen LogP) is 7.22. The molecule has 0 amide bonds. The molecule has 0 N–H and O–H groups in total. The summed E-state index contributed by atoms with van der Waals surface area (Å²) < 4.78 is 21.0. The molecule has 0 unspecified atom stereocenters. The average molecular weight is 563 g/mol. The molecule has 3 rings (SSSR count). The highest BCUT2D eigenvalue weighted by Crippen LogP contribution is 2.36. The van der Waals surface area contributed by atoms with Crippen molar-refractivity contribution in [3.8, 4) is 11.5 Å². The fourth-order valence-corrected chi connectivity index (χ4v) is 5.54. The number of pyridine rings is 1. The van der Waals surface area contributed by atoms with Crippen molar-refractivity contribution in [1.82, 2.24) is 0 Å². The van der Waals surface area contributed by atoms with Gasteiger partial charge in [0, 0.05) is 24.1 Å². The van der Waals surface area contributed by atoms with Crippen LogP contribution in [0, 0.1) is 5.41 Å². The van der Waals surface area contributed by atoms with E-state index in [9.17, 15) is 0 Å². The van der Waals surface area contributed by atoms with E-state index in [1.54, 1.807) is 0 Å². The first kappa shape index (κ1) is 32.6. The highest BCUT2D eigenvalue weighted by molar-refractivity contribution is 5.32. The van der Waals surface area contributed by atoms with Gasteiger partial charge >= 0.3 is 0 Å². The van der Waals surface area contributed by atoms with E-state index in [-0.39, 0.29) is 5.41 Å². The van der Waals surface area contributed by atoms with Gasteiger partial charge in [0.05, 0.1) is 33.9 Å². The molecular formula is C36H54N2O3+2. The van der Waals surface area contributed by atoms with E-state index in [2.05, 4.69) is 126 Å². The van der Waals surface area contributed by atoms with E-state index in [1.807, 2.05) is 6.07 Å². The minimum absolute atomic E-state index is 0.140. The summed E-state index contributed by atoms with van der Waals surface area (Å²) in [5, 5.41) is 0. The van der Waals surface area contributed by atoms with Gasteiger partial charge in [-0.15, -0.1) is 0 Å². The normalized spacial score (nSPS) is 12.4. The number of nitrogens with zero attached hydrogens (tertiary/aromatic N) is 2. The van der Waals surface area contributed by atoms with Crippen LogP contribution in [-0.2, 0) is 23.2 Å². The standard InChI is InChI=1S/C36H54N2O3/c1-35(2,3)30-36(4,5)32-16-18-33(19-17-32)41-27-26-39-25-23-38(6,7)29-31-14-13-15-34(28-31)40-24-12-11-22-37-20-9-8-10-21-37/h8-10,13-21,28H,11-12,22-27,29-30H2,1-7H3/q+2. The van der Waals surface area contributed by atoms with Gasteiger partial charge in [0.2, 0.25) is 0 Å². The molecule has 1 heterocycles. The quantitative estimate of drug-likeness (QED) is 0.0989. The molecule has 0 aliphatic heterocycles. The van der Waals surface area contributed by atoms with Crippen LogP contribution in [0.25, 0.3) is 0 Å². The molecule has 224 valence electrons. The first-order valence-corrected chi connectivity index (χ1v) is 15.2. The van der Waals surface area contributed by atoms with Crippen molar-refractivity contribution in [2.45, 2.75) is 72.4 Å². The summed E-state index contributed by atoms with van der Waals surface area (Å²) in [4.78, 5) is 0. The highest BCUT2D eigenvalue weighted by atomic mass is 16.5. The topological polar surface area (TPSA) is 31.6 Å². The van der Waals surface area contributed by atoms with E-state index in [4.69, 9.17) is 14.2 Å². The monoisotopic (exact) mass is 562 g/mol. The molecule has 2 aromatic carbocycles. The zero-order chi connectivity index (χ0) is 29.8. The van der Waals surface area contributed by atoms with Crippen LogP contribution >= 0.6 is 0 Å². The van der Waals surface area contributed by atoms with Gasteiger partial charge in [-0.25, -0.2) is 4.57 Å². The smallest absolute Gasteiger partial charge is 0.168 e. The number of rotatable bonds is 17. The van der Waals surface area contributed by atoms with E-state index in [1.165, 1.54) is 11.1 Å². The maximum absolute atomic E-state index is 6.05. The Morgan fingerprint density at radius 2 is 1.41 bits per heavy atom. The van der Waals surface area contributed by atoms with E-state index in [0.717, 1.165) is 61.5 Å². The molecule has 0 aliphatic rings. The van der Waals surface area contributed by atoms with Crippen molar-refractivity contribution in [1.29, 1.82) is 0 Å². The Balaban J connectivity index is 1.31. The van der Waals surface area contributed by atoms with E-state index < -0.39 is 0 Å². The molecular weight excluding hydrogens is 508 g/mol. The molecule has 0 atom stereocenters. The fraction of sp³-hybridized carbons (Fsp3) is 0.528. The van der Waals surface area contributed by atoms with Crippen LogP contribution in [0.1, 0.15) is 65.0 Å². The van der Waals surface area contributed by atoms with Crippen molar-refractivity contribution >= 4 is 0 Å². The Kier molecular flexibility index (Phi) is 12.2. The summed E-state index contributed by atoms with van der Waals surface area (Å²) in [7, 11) is 4.49. The van der Waals surface area contributed by atoms with Crippen LogP contribution in [0.5, 0.6) is 11.5 Å². The van der Waals surface area contributed by atoms with Gasteiger partial charge in [-0.3, -0.25) is 0 Å². The average Bonchev–Trinajstić information content (AvgIpc) is 2.90. The number of ether oxygens (including phenoxy) is 3. The van der Waals surface area contributed by atoms with Crippen LogP contribution in [0.15, 0.2) is 79.1 Å². The number of aryl methyl sites for hydroxylation is 1. The summed E-state index contributed by atoms with van der Waals surface area (Å²) in [6.07, 6.45) is 7.49. The van der Waals surface area contributed by atoms with Crippen LogP contribution in [-0.4, -0.2) is 51.6 Å². The number of unbranched alkanes of at least 4 members (excludes halogenated alkanes) is 1. The van der Waals surface area contributed by atoms with Crippen molar-refractivity contribution in [2.75, 3.05) is 47.1 Å². The molecule has 41 heavy (non-hydrogen) atoms. The Bertz CT molecular complexity index is 1150. The number of hydrogen-bond acceptors (Lipinski definition) is 3. The van der Waals surface area contributed by atoms with Gasteiger partial charge in [0.25, 0.3) is 0 Å². The number of aromatic nitrogens is 1. The number of likely N-dealkylation sites (N-methyl/N-ethyl adjacent to an activating group) is 1. The van der Waals surface area contributed by atoms with Gasteiger partial charge in [0.15, 0.2) is 12.4 Å². The Labute approximate surface area is 249 Å². The second-order valence-electron chi connectivity index (χ2n) is 13.7. The van der Waals surface area contributed by atoms with Crippen molar-refractivity contribution in [2.24, 2.45) is 5.41 Å². The maximum Gasteiger partial charge on any atom is 0.168 e. The third kappa shape index (κ3) is 12.7. The Hall–Kier alpha value is -2.89. The van der Waals surface area contributed by atoms with E-state index in [0.29, 0.717) is 25.2 Å². The number of hydrogen-bond donors (Lipinski definition) is 0. The van der Waals surface area contributed by atoms with Crippen molar-refractivity contribution in [3.05, 3.63) is 90.3 Å². The molecule has 5 heteroatoms. The summed E-state index contributed by atoms with van der Waals surface area (Å²) in [6.45, 7) is 17.0. The van der Waals surface area contributed by atoms with Gasteiger partial charge in [-0.05, 0) is 53.5 Å². The highest BCUT2D eigenvalue weighted by Gasteiger charge is 2.27. The van der Waals surface area contributed by atoms with Crippen molar-refractivity contribution in [3.63, 3.8) is 0 Å². The molecule has 0 saturated heterocycles. The Morgan fingerprint density at radius 3 is 2.12 bits per heavy atom. The second kappa shape index (κ2) is 15.4. The third-order valence-electron chi connectivity index (χ3n) is 7.31. The molecule has 0 bridgehead atoms. The molecule has 1 aromatic heterocycles. The third-order valence-corrected chi connectivity index (χ3v) is 7.31. The minimum atomic E-state index is 0.140.